The average Bonchev–Trinajstić information content (AvgIpc) is 2.53. The van der Waals surface area contributed by atoms with E-state index in [-0.39, 0.29) is 11.5 Å². The number of rotatable bonds is 3. The van der Waals surface area contributed by atoms with Gasteiger partial charge in [-0.25, -0.2) is 18.4 Å². The van der Waals surface area contributed by atoms with Crippen molar-refractivity contribution in [3.63, 3.8) is 0 Å². The Morgan fingerprint density at radius 1 is 1.32 bits per heavy atom. The number of anilines is 1. The molecule has 0 radical (unpaired) electrons. The van der Waals surface area contributed by atoms with Crippen LogP contribution in [0.25, 0.3) is 0 Å². The molecule has 0 aromatic carbocycles. The second-order valence-corrected chi connectivity index (χ2v) is 7.37. The predicted octanol–water partition coefficient (Wildman–Crippen LogP) is 1.71. The van der Waals surface area contributed by atoms with Crippen molar-refractivity contribution in [3.8, 4) is 0 Å². The van der Waals surface area contributed by atoms with Crippen LogP contribution in [0.1, 0.15) is 25.3 Å². The largest absolute Gasteiger partial charge is 0.355 e. The van der Waals surface area contributed by atoms with Gasteiger partial charge in [0.1, 0.15) is 17.3 Å². The third kappa shape index (κ3) is 3.57. The lowest BCUT2D eigenvalue weighted by atomic mass is 10.1. The molecule has 1 saturated heterocycles. The van der Waals surface area contributed by atoms with Crippen LogP contribution in [0.15, 0.2) is 6.33 Å². The summed E-state index contributed by atoms with van der Waals surface area (Å²) in [6, 6.07) is 0. The maximum Gasteiger partial charge on any atom is 0.152 e. The zero-order valence-electron chi connectivity index (χ0n) is 11.0. The van der Waals surface area contributed by atoms with Crippen molar-refractivity contribution in [2.75, 3.05) is 29.5 Å². The highest BCUT2D eigenvalue weighted by molar-refractivity contribution is 7.91. The topological polar surface area (TPSA) is 63.2 Å². The fraction of sp³-hybridized carbons (Fsp3) is 0.667. The van der Waals surface area contributed by atoms with Crippen molar-refractivity contribution in [3.05, 3.63) is 17.0 Å². The molecule has 0 spiro atoms. The minimum absolute atomic E-state index is 0.181. The normalized spacial score (nSPS) is 19.2. The highest BCUT2D eigenvalue weighted by Gasteiger charge is 2.22. The zero-order valence-corrected chi connectivity index (χ0v) is 12.5. The highest BCUT2D eigenvalue weighted by Crippen LogP contribution is 2.25. The van der Waals surface area contributed by atoms with Gasteiger partial charge < -0.3 is 4.90 Å². The molecule has 0 saturated carbocycles. The molecule has 19 heavy (non-hydrogen) atoms. The summed E-state index contributed by atoms with van der Waals surface area (Å²) in [5, 5.41) is 0.471. The van der Waals surface area contributed by atoms with Crippen molar-refractivity contribution >= 4 is 27.3 Å². The molecule has 0 aliphatic carbocycles. The lowest BCUT2D eigenvalue weighted by Gasteiger charge is -2.23. The van der Waals surface area contributed by atoms with E-state index in [0.29, 0.717) is 24.7 Å². The smallest absolute Gasteiger partial charge is 0.152 e. The Labute approximate surface area is 118 Å². The van der Waals surface area contributed by atoms with Gasteiger partial charge in [-0.05, 0) is 12.8 Å². The number of hydrogen-bond acceptors (Lipinski definition) is 5. The van der Waals surface area contributed by atoms with E-state index in [9.17, 15) is 8.42 Å². The highest BCUT2D eigenvalue weighted by atomic mass is 35.5. The molecule has 0 N–H and O–H groups in total. The predicted molar refractivity (Wildman–Crippen MR) is 76.5 cm³/mol. The summed E-state index contributed by atoms with van der Waals surface area (Å²) < 4.78 is 23.3. The second-order valence-electron chi connectivity index (χ2n) is 4.71. The fourth-order valence-electron chi connectivity index (χ4n) is 2.27. The molecular weight excluding hydrogens is 286 g/mol. The molecule has 1 aliphatic rings. The van der Waals surface area contributed by atoms with Gasteiger partial charge in [0, 0.05) is 18.7 Å². The standard InChI is InChI=1S/C12H18ClN3O2S/c1-2-4-10-11(13)14-9-15-12(10)16-5-3-7-19(17,18)8-6-16/h9H,2-8H2,1H3. The molecule has 2 rings (SSSR count). The number of hydrogen-bond donors (Lipinski definition) is 0. The van der Waals surface area contributed by atoms with Gasteiger partial charge in [0.2, 0.25) is 0 Å². The van der Waals surface area contributed by atoms with Crippen LogP contribution in [0.4, 0.5) is 5.82 Å². The first-order chi connectivity index (χ1) is 9.03. The molecule has 0 unspecified atom stereocenters. The van der Waals surface area contributed by atoms with Crippen LogP contribution in [0.2, 0.25) is 5.15 Å². The second kappa shape index (κ2) is 6.05. The Morgan fingerprint density at radius 3 is 2.84 bits per heavy atom. The minimum atomic E-state index is -2.91. The van der Waals surface area contributed by atoms with Crippen molar-refractivity contribution < 1.29 is 8.42 Å². The quantitative estimate of drug-likeness (QED) is 0.795. The van der Waals surface area contributed by atoms with Gasteiger partial charge in [0.15, 0.2) is 9.84 Å². The fourth-order valence-corrected chi connectivity index (χ4v) is 3.76. The molecule has 106 valence electrons. The molecule has 1 aliphatic heterocycles. The van der Waals surface area contributed by atoms with E-state index in [2.05, 4.69) is 16.9 Å². The summed E-state index contributed by atoms with van der Waals surface area (Å²) in [5.74, 6) is 1.23. The maximum atomic E-state index is 11.6. The maximum absolute atomic E-state index is 11.6. The van der Waals surface area contributed by atoms with Gasteiger partial charge in [-0.2, -0.15) is 0 Å². The molecule has 0 bridgehead atoms. The minimum Gasteiger partial charge on any atom is -0.355 e. The molecule has 1 aromatic rings. The van der Waals surface area contributed by atoms with Gasteiger partial charge in [-0.1, -0.05) is 24.9 Å². The van der Waals surface area contributed by atoms with E-state index in [4.69, 9.17) is 11.6 Å². The van der Waals surface area contributed by atoms with Crippen molar-refractivity contribution in [2.24, 2.45) is 0 Å². The molecule has 1 fully saturated rings. The van der Waals surface area contributed by atoms with Crippen LogP contribution in [0.5, 0.6) is 0 Å². The summed E-state index contributed by atoms with van der Waals surface area (Å²) in [6.07, 6.45) is 3.83. The number of sulfone groups is 1. The molecule has 7 heteroatoms. The molecular formula is C12H18ClN3O2S. The van der Waals surface area contributed by atoms with Gasteiger partial charge >= 0.3 is 0 Å². The Bertz CT molecular complexity index is 548. The first-order valence-corrected chi connectivity index (χ1v) is 8.68. The molecule has 1 aromatic heterocycles. The first kappa shape index (κ1) is 14.5. The van der Waals surface area contributed by atoms with Crippen molar-refractivity contribution in [2.45, 2.75) is 26.2 Å². The van der Waals surface area contributed by atoms with Crippen LogP contribution in [0.3, 0.4) is 0 Å². The van der Waals surface area contributed by atoms with Crippen LogP contribution < -0.4 is 4.90 Å². The van der Waals surface area contributed by atoms with Crippen LogP contribution in [0, 0.1) is 0 Å². The van der Waals surface area contributed by atoms with Crippen LogP contribution >= 0.6 is 11.6 Å². The molecule has 2 heterocycles. The van der Waals surface area contributed by atoms with Gasteiger partial charge in [-0.15, -0.1) is 0 Å². The van der Waals surface area contributed by atoms with Crippen LogP contribution in [-0.4, -0.2) is 43.0 Å². The van der Waals surface area contributed by atoms with Gasteiger partial charge in [0.25, 0.3) is 0 Å². The first-order valence-electron chi connectivity index (χ1n) is 6.48. The monoisotopic (exact) mass is 303 g/mol. The lowest BCUT2D eigenvalue weighted by Crippen LogP contribution is -2.28. The SMILES string of the molecule is CCCc1c(Cl)ncnc1N1CCCS(=O)(=O)CC1. The summed E-state index contributed by atoms with van der Waals surface area (Å²) in [7, 11) is -2.91. The Hall–Kier alpha value is -0.880. The van der Waals surface area contributed by atoms with E-state index in [1.165, 1.54) is 6.33 Å². The number of aromatic nitrogens is 2. The van der Waals surface area contributed by atoms with Gasteiger partial charge in [0.05, 0.1) is 11.5 Å². The lowest BCUT2D eigenvalue weighted by molar-refractivity contribution is 0.597. The van der Waals surface area contributed by atoms with Crippen molar-refractivity contribution in [1.29, 1.82) is 0 Å². The van der Waals surface area contributed by atoms with E-state index >= 15 is 0 Å². The average molecular weight is 304 g/mol. The van der Waals surface area contributed by atoms with E-state index in [0.717, 1.165) is 24.2 Å². The third-order valence-corrected chi connectivity index (χ3v) is 5.27. The third-order valence-electron chi connectivity index (χ3n) is 3.23. The van der Waals surface area contributed by atoms with Crippen molar-refractivity contribution in [1.82, 2.24) is 9.97 Å². The Morgan fingerprint density at radius 2 is 2.11 bits per heavy atom. The summed E-state index contributed by atoms with van der Waals surface area (Å²) in [5.41, 5.74) is 0.922. The Balaban J connectivity index is 2.28. The molecule has 5 nitrogen and oxygen atoms in total. The Kier molecular flexibility index (Phi) is 4.62. The van der Waals surface area contributed by atoms with Crippen LogP contribution in [-0.2, 0) is 16.3 Å². The van der Waals surface area contributed by atoms with E-state index in [1.54, 1.807) is 0 Å². The summed E-state index contributed by atoms with van der Waals surface area (Å²) in [4.78, 5) is 10.3. The van der Waals surface area contributed by atoms with Gasteiger partial charge in [-0.3, -0.25) is 0 Å². The van der Waals surface area contributed by atoms with E-state index in [1.807, 2.05) is 4.90 Å². The molecule has 0 amide bonds. The summed E-state index contributed by atoms with van der Waals surface area (Å²) in [6.45, 7) is 3.25. The number of halogens is 1. The number of nitrogens with zero attached hydrogens (tertiary/aromatic N) is 3. The summed E-state index contributed by atoms with van der Waals surface area (Å²) >= 11 is 6.13. The molecule has 0 atom stereocenters. The van der Waals surface area contributed by atoms with E-state index < -0.39 is 9.84 Å². The zero-order chi connectivity index (χ0) is 13.9.